The molecule has 1 saturated heterocycles. The van der Waals surface area contributed by atoms with Crippen LogP contribution in [0, 0.1) is 11.6 Å². The molecule has 1 amide bonds. The molecule has 0 aromatic heterocycles. The molecule has 2 heterocycles. The summed E-state index contributed by atoms with van der Waals surface area (Å²) in [5.41, 5.74) is 3.63. The predicted molar refractivity (Wildman–Crippen MR) is 91.3 cm³/mol. The molecule has 0 radical (unpaired) electrons. The van der Waals surface area contributed by atoms with E-state index in [0.717, 1.165) is 36.6 Å². The summed E-state index contributed by atoms with van der Waals surface area (Å²) in [6, 6.07) is 9.67. The molecule has 3 nitrogen and oxygen atoms in total. The quantitative estimate of drug-likeness (QED) is 0.901. The fraction of sp³-hybridized carbons (Fsp3) is 0.350. The molecule has 0 spiro atoms. The number of benzene rings is 2. The Bertz CT molecular complexity index is 836. The minimum absolute atomic E-state index is 0.00715. The zero-order valence-electron chi connectivity index (χ0n) is 14.1. The Morgan fingerprint density at radius 1 is 1.12 bits per heavy atom. The summed E-state index contributed by atoms with van der Waals surface area (Å²) in [5, 5.41) is 2.89. The Balaban J connectivity index is 1.57. The van der Waals surface area contributed by atoms with E-state index in [1.807, 2.05) is 19.2 Å². The van der Waals surface area contributed by atoms with Crippen molar-refractivity contribution in [2.45, 2.75) is 31.3 Å². The van der Waals surface area contributed by atoms with E-state index >= 15 is 0 Å². The molecule has 1 fully saturated rings. The smallest absolute Gasteiger partial charge is 0.251 e. The zero-order valence-corrected chi connectivity index (χ0v) is 14.1. The maximum Gasteiger partial charge on any atom is 0.251 e. The third-order valence-corrected chi connectivity index (χ3v) is 5.47. The number of fused-ring (bicyclic) bond motifs is 1. The van der Waals surface area contributed by atoms with Crippen molar-refractivity contribution in [3.63, 3.8) is 0 Å². The van der Waals surface area contributed by atoms with Crippen molar-refractivity contribution in [1.82, 2.24) is 10.2 Å². The molecule has 0 bridgehead atoms. The number of nitrogens with one attached hydrogen (secondary N) is 1. The molecule has 2 atom stereocenters. The van der Waals surface area contributed by atoms with Crippen LogP contribution in [0.2, 0.25) is 0 Å². The van der Waals surface area contributed by atoms with E-state index in [2.05, 4.69) is 16.3 Å². The highest BCUT2D eigenvalue weighted by Gasteiger charge is 2.32. The molecule has 1 N–H and O–H groups in total. The van der Waals surface area contributed by atoms with Gasteiger partial charge in [-0.15, -0.1) is 0 Å². The molecule has 2 aromatic carbocycles. The fourth-order valence-corrected chi connectivity index (χ4v) is 4.23. The summed E-state index contributed by atoms with van der Waals surface area (Å²) in [5.74, 6) is -0.722. The van der Waals surface area contributed by atoms with Gasteiger partial charge < -0.3 is 5.32 Å². The number of rotatable bonds is 2. The van der Waals surface area contributed by atoms with Crippen LogP contribution in [0.5, 0.6) is 0 Å². The van der Waals surface area contributed by atoms with E-state index in [1.54, 1.807) is 6.07 Å². The summed E-state index contributed by atoms with van der Waals surface area (Å²) in [6.45, 7) is 1.37. The molecule has 2 aromatic rings. The lowest BCUT2D eigenvalue weighted by atomic mass is 9.82. The summed E-state index contributed by atoms with van der Waals surface area (Å²) in [7, 11) is 1.98. The van der Waals surface area contributed by atoms with Gasteiger partial charge in [0, 0.05) is 36.3 Å². The van der Waals surface area contributed by atoms with Crippen LogP contribution in [0.25, 0.3) is 0 Å². The van der Waals surface area contributed by atoms with Gasteiger partial charge in [0.25, 0.3) is 5.91 Å². The minimum Gasteiger partial charge on any atom is -0.348 e. The number of hydrogen-bond acceptors (Lipinski definition) is 2. The number of piperidine rings is 1. The van der Waals surface area contributed by atoms with Gasteiger partial charge in [-0.05, 0) is 49.1 Å². The van der Waals surface area contributed by atoms with Gasteiger partial charge in [-0.2, -0.15) is 0 Å². The molecular weight excluding hydrogens is 322 g/mol. The van der Waals surface area contributed by atoms with Crippen molar-refractivity contribution < 1.29 is 13.6 Å². The maximum absolute atomic E-state index is 14.1. The molecule has 4 rings (SSSR count). The van der Waals surface area contributed by atoms with Crippen molar-refractivity contribution >= 4 is 5.91 Å². The summed E-state index contributed by atoms with van der Waals surface area (Å²) in [4.78, 5) is 14.0. The van der Waals surface area contributed by atoms with Gasteiger partial charge in [0.05, 0.1) is 0 Å². The third-order valence-electron chi connectivity index (χ3n) is 5.47. The number of nitrogens with zero attached hydrogens (tertiary/aromatic N) is 1. The number of likely N-dealkylation sites (N-methyl/N-ethyl adjacent to an activating group) is 1. The van der Waals surface area contributed by atoms with Crippen LogP contribution in [0.15, 0.2) is 36.4 Å². The highest BCUT2D eigenvalue weighted by Crippen LogP contribution is 2.39. The summed E-state index contributed by atoms with van der Waals surface area (Å²) in [6.07, 6.45) is 1.71. The molecule has 0 aliphatic carbocycles. The van der Waals surface area contributed by atoms with E-state index in [4.69, 9.17) is 0 Å². The fourth-order valence-electron chi connectivity index (χ4n) is 4.23. The van der Waals surface area contributed by atoms with Crippen LogP contribution in [-0.2, 0) is 6.54 Å². The molecule has 25 heavy (non-hydrogen) atoms. The van der Waals surface area contributed by atoms with Gasteiger partial charge in [0.1, 0.15) is 11.6 Å². The second-order valence-corrected chi connectivity index (χ2v) is 6.95. The van der Waals surface area contributed by atoms with E-state index in [1.165, 1.54) is 11.6 Å². The lowest BCUT2D eigenvalue weighted by Gasteiger charge is -2.38. The van der Waals surface area contributed by atoms with Crippen LogP contribution in [0.4, 0.5) is 8.78 Å². The topological polar surface area (TPSA) is 32.3 Å². The van der Waals surface area contributed by atoms with E-state index in [0.29, 0.717) is 18.0 Å². The first-order valence-corrected chi connectivity index (χ1v) is 8.59. The van der Waals surface area contributed by atoms with Gasteiger partial charge in [-0.1, -0.05) is 18.2 Å². The molecule has 2 aliphatic rings. The van der Waals surface area contributed by atoms with Crippen LogP contribution in [0.1, 0.15) is 51.8 Å². The van der Waals surface area contributed by atoms with Crippen LogP contribution in [0.3, 0.4) is 0 Å². The Kier molecular flexibility index (Phi) is 4.04. The standard InChI is InChI=1S/C20H20F2N2O/c1-24-11-12(14-3-2-4-15-17(14)10-23-20(15)25)5-8-19(24)16-7-6-13(21)9-18(16)22/h2-4,6-7,9,12,19H,5,8,10-11H2,1H3,(H,23,25). The lowest BCUT2D eigenvalue weighted by Crippen LogP contribution is -2.35. The Hall–Kier alpha value is -2.27. The maximum atomic E-state index is 14.1. The molecule has 130 valence electrons. The molecule has 5 heteroatoms. The Labute approximate surface area is 145 Å². The second kappa shape index (κ2) is 6.23. The number of halogens is 2. The second-order valence-electron chi connectivity index (χ2n) is 6.95. The minimum atomic E-state index is -0.547. The van der Waals surface area contributed by atoms with Crippen molar-refractivity contribution in [3.8, 4) is 0 Å². The molecule has 2 aliphatic heterocycles. The van der Waals surface area contributed by atoms with Gasteiger partial charge >= 0.3 is 0 Å². The van der Waals surface area contributed by atoms with Gasteiger partial charge in [0.15, 0.2) is 0 Å². The summed E-state index contributed by atoms with van der Waals surface area (Å²) < 4.78 is 27.3. The van der Waals surface area contributed by atoms with Crippen molar-refractivity contribution in [1.29, 1.82) is 0 Å². The van der Waals surface area contributed by atoms with Crippen LogP contribution >= 0.6 is 0 Å². The number of carbonyl (C=O) groups excluding carboxylic acids is 1. The first-order valence-electron chi connectivity index (χ1n) is 8.59. The largest absolute Gasteiger partial charge is 0.348 e. The van der Waals surface area contributed by atoms with Gasteiger partial charge in [0.2, 0.25) is 0 Å². The summed E-state index contributed by atoms with van der Waals surface area (Å²) >= 11 is 0. The average Bonchev–Trinajstić information content (AvgIpc) is 2.97. The first-order chi connectivity index (χ1) is 12.0. The van der Waals surface area contributed by atoms with Gasteiger partial charge in [-0.25, -0.2) is 8.78 Å². The number of likely N-dealkylation sites (tertiary alicyclic amines) is 1. The SMILES string of the molecule is CN1CC(c2cccc3c2CNC3=O)CCC1c1ccc(F)cc1F. The van der Waals surface area contributed by atoms with E-state index < -0.39 is 11.6 Å². The Morgan fingerprint density at radius 2 is 1.96 bits per heavy atom. The average molecular weight is 342 g/mol. The number of amides is 1. The van der Waals surface area contributed by atoms with Crippen LogP contribution < -0.4 is 5.32 Å². The first kappa shape index (κ1) is 16.2. The van der Waals surface area contributed by atoms with E-state index in [9.17, 15) is 13.6 Å². The molecule has 0 saturated carbocycles. The van der Waals surface area contributed by atoms with Crippen molar-refractivity contribution in [3.05, 3.63) is 70.3 Å². The van der Waals surface area contributed by atoms with Gasteiger partial charge in [-0.3, -0.25) is 9.69 Å². The van der Waals surface area contributed by atoms with Crippen molar-refractivity contribution in [2.24, 2.45) is 0 Å². The lowest BCUT2D eigenvalue weighted by molar-refractivity contribution is 0.0965. The third kappa shape index (κ3) is 2.82. The van der Waals surface area contributed by atoms with Crippen molar-refractivity contribution in [2.75, 3.05) is 13.6 Å². The predicted octanol–water partition coefficient (Wildman–Crippen LogP) is 3.76. The molecular formula is C20H20F2N2O. The monoisotopic (exact) mass is 342 g/mol. The highest BCUT2D eigenvalue weighted by molar-refractivity contribution is 5.98. The zero-order chi connectivity index (χ0) is 17.6. The highest BCUT2D eigenvalue weighted by atomic mass is 19.1. The van der Waals surface area contributed by atoms with Crippen LogP contribution in [-0.4, -0.2) is 24.4 Å². The molecule has 2 unspecified atom stereocenters. The number of carbonyl (C=O) groups is 1. The number of hydrogen-bond donors (Lipinski definition) is 1. The Morgan fingerprint density at radius 3 is 2.72 bits per heavy atom. The van der Waals surface area contributed by atoms with E-state index in [-0.39, 0.29) is 11.9 Å². The normalized spacial score (nSPS) is 23.4.